The molecule has 1 heterocycles. The zero-order valence-electron chi connectivity index (χ0n) is 16.4. The summed E-state index contributed by atoms with van der Waals surface area (Å²) in [4.78, 5) is 16.9. The van der Waals surface area contributed by atoms with Gasteiger partial charge in [0.05, 0.1) is 22.9 Å². The summed E-state index contributed by atoms with van der Waals surface area (Å²) < 4.78 is 26.2. The summed E-state index contributed by atoms with van der Waals surface area (Å²) in [5, 5.41) is 5.70. The Kier molecular flexibility index (Phi) is 7.51. The molecule has 2 aromatic carbocycles. The lowest BCUT2D eigenvalue weighted by Crippen LogP contribution is -2.25. The maximum Gasteiger partial charge on any atom is 0.230 e. The highest BCUT2D eigenvalue weighted by Gasteiger charge is 2.11. The third-order valence-electron chi connectivity index (χ3n) is 4.18. The van der Waals surface area contributed by atoms with Gasteiger partial charge in [-0.3, -0.25) is 4.79 Å². The fourth-order valence-electron chi connectivity index (χ4n) is 2.79. The Labute approximate surface area is 180 Å². The van der Waals surface area contributed by atoms with Crippen LogP contribution in [0.3, 0.4) is 0 Å². The zero-order chi connectivity index (χ0) is 21.4. The van der Waals surface area contributed by atoms with E-state index in [0.717, 1.165) is 17.1 Å². The molecule has 0 spiro atoms. The van der Waals surface area contributed by atoms with Crippen LogP contribution >= 0.6 is 11.3 Å². The largest absolute Gasteiger partial charge is 0.326 e. The van der Waals surface area contributed by atoms with E-state index in [1.165, 1.54) is 11.6 Å². The predicted molar refractivity (Wildman–Crippen MR) is 121 cm³/mol. The van der Waals surface area contributed by atoms with Gasteiger partial charge in [-0.2, -0.15) is 0 Å². The molecule has 0 unspecified atom stereocenters. The quantitative estimate of drug-likeness (QED) is 0.471. The number of benzene rings is 2. The number of hydrogen-bond acceptors (Lipinski definition) is 5. The van der Waals surface area contributed by atoms with Crippen molar-refractivity contribution >= 4 is 33.0 Å². The van der Waals surface area contributed by atoms with E-state index in [9.17, 15) is 13.2 Å². The smallest absolute Gasteiger partial charge is 0.230 e. The summed E-state index contributed by atoms with van der Waals surface area (Å²) in [6, 6.07) is 16.8. The summed E-state index contributed by atoms with van der Waals surface area (Å²) in [5.74, 6) is -0.294. The van der Waals surface area contributed by atoms with Crippen molar-refractivity contribution < 1.29 is 13.2 Å². The molecule has 1 amide bonds. The van der Waals surface area contributed by atoms with E-state index in [2.05, 4.69) is 33.7 Å². The van der Waals surface area contributed by atoms with Crippen LogP contribution in [0.15, 0.2) is 72.6 Å². The Morgan fingerprint density at radius 2 is 1.80 bits per heavy atom. The number of hydrogen-bond donors (Lipinski definition) is 2. The summed E-state index contributed by atoms with van der Waals surface area (Å²) in [5.41, 5.74) is 3.17. The van der Waals surface area contributed by atoms with Gasteiger partial charge < -0.3 is 5.32 Å². The highest BCUT2D eigenvalue weighted by atomic mass is 32.2. The lowest BCUT2D eigenvalue weighted by Gasteiger charge is -2.07. The minimum atomic E-state index is -3.41. The maximum absolute atomic E-state index is 12.3. The van der Waals surface area contributed by atoms with Gasteiger partial charge in [-0.1, -0.05) is 48.5 Å². The molecule has 6 nitrogen and oxygen atoms in total. The molecule has 8 heteroatoms. The van der Waals surface area contributed by atoms with E-state index < -0.39 is 10.0 Å². The summed E-state index contributed by atoms with van der Waals surface area (Å²) >= 11 is 1.55. The van der Waals surface area contributed by atoms with Crippen LogP contribution in [0.4, 0.5) is 5.69 Å². The first kappa shape index (κ1) is 21.9. The predicted octanol–water partition coefficient (Wildman–Crippen LogP) is 3.52. The van der Waals surface area contributed by atoms with Gasteiger partial charge >= 0.3 is 0 Å². The Balaban J connectivity index is 1.52. The van der Waals surface area contributed by atoms with E-state index in [4.69, 9.17) is 0 Å². The van der Waals surface area contributed by atoms with Crippen molar-refractivity contribution in [2.24, 2.45) is 0 Å². The monoisotopic (exact) mass is 441 g/mol. The molecular formula is C22H23N3O3S2. The van der Waals surface area contributed by atoms with Gasteiger partial charge in [0, 0.05) is 24.0 Å². The molecule has 0 saturated carbocycles. The average molecular weight is 442 g/mol. The molecule has 0 radical (unpaired) electrons. The van der Waals surface area contributed by atoms with Crippen LogP contribution in [-0.4, -0.2) is 25.9 Å². The molecule has 1 aromatic heterocycles. The Bertz CT molecular complexity index is 1090. The molecule has 3 rings (SSSR count). The van der Waals surface area contributed by atoms with Crippen molar-refractivity contribution in [2.75, 3.05) is 11.9 Å². The number of sulfonamides is 1. The van der Waals surface area contributed by atoms with Crippen molar-refractivity contribution in [3.8, 4) is 0 Å². The van der Waals surface area contributed by atoms with Gasteiger partial charge in [-0.05, 0) is 23.3 Å². The van der Waals surface area contributed by atoms with Crippen molar-refractivity contribution in [3.63, 3.8) is 0 Å². The molecule has 0 saturated heterocycles. The van der Waals surface area contributed by atoms with E-state index in [-0.39, 0.29) is 24.6 Å². The molecular weight excluding hydrogens is 418 g/mol. The summed E-state index contributed by atoms with van der Waals surface area (Å²) in [7, 11) is -3.41. The SMILES string of the molecule is C=CCNS(=O)(=O)Cc1ccc(NC(=O)Cc2csc(Cc3ccccc3)n2)cc1. The average Bonchev–Trinajstić information content (AvgIpc) is 3.15. The van der Waals surface area contributed by atoms with Gasteiger partial charge in [-0.15, -0.1) is 17.9 Å². The summed E-state index contributed by atoms with van der Waals surface area (Å²) in [6.07, 6.45) is 2.43. The molecule has 0 atom stereocenters. The molecule has 3 aromatic rings. The topological polar surface area (TPSA) is 88.2 Å². The van der Waals surface area contributed by atoms with Gasteiger partial charge in [0.25, 0.3) is 0 Å². The first-order valence-electron chi connectivity index (χ1n) is 9.38. The van der Waals surface area contributed by atoms with Crippen LogP contribution in [0.1, 0.15) is 21.8 Å². The first-order chi connectivity index (χ1) is 14.4. The van der Waals surface area contributed by atoms with E-state index in [1.54, 1.807) is 35.6 Å². The van der Waals surface area contributed by atoms with E-state index in [1.807, 2.05) is 23.6 Å². The van der Waals surface area contributed by atoms with Crippen LogP contribution in [0, 0.1) is 0 Å². The van der Waals surface area contributed by atoms with Crippen LogP contribution in [-0.2, 0) is 33.4 Å². The number of nitrogens with one attached hydrogen (secondary N) is 2. The van der Waals surface area contributed by atoms with Crippen LogP contribution in [0.2, 0.25) is 0 Å². The number of amides is 1. The highest BCUT2D eigenvalue weighted by Crippen LogP contribution is 2.16. The Morgan fingerprint density at radius 1 is 1.07 bits per heavy atom. The Hall–Kier alpha value is -2.81. The zero-order valence-corrected chi connectivity index (χ0v) is 18.0. The number of thiazole rings is 1. The Morgan fingerprint density at radius 3 is 2.50 bits per heavy atom. The fraction of sp³-hybridized carbons (Fsp3) is 0.182. The number of anilines is 1. The molecule has 30 heavy (non-hydrogen) atoms. The minimum Gasteiger partial charge on any atom is -0.326 e. The molecule has 156 valence electrons. The van der Waals surface area contributed by atoms with Crippen molar-refractivity contribution in [1.29, 1.82) is 0 Å². The lowest BCUT2D eigenvalue weighted by atomic mass is 10.2. The fourth-order valence-corrected chi connectivity index (χ4v) is 4.73. The van der Waals surface area contributed by atoms with Crippen LogP contribution < -0.4 is 10.0 Å². The number of rotatable bonds is 10. The normalized spacial score (nSPS) is 11.2. The van der Waals surface area contributed by atoms with E-state index in [0.29, 0.717) is 11.3 Å². The maximum atomic E-state index is 12.3. The van der Waals surface area contributed by atoms with Crippen molar-refractivity contribution in [3.05, 3.63) is 94.5 Å². The van der Waals surface area contributed by atoms with Crippen LogP contribution in [0.25, 0.3) is 0 Å². The van der Waals surface area contributed by atoms with Gasteiger partial charge in [-0.25, -0.2) is 18.1 Å². The van der Waals surface area contributed by atoms with E-state index >= 15 is 0 Å². The lowest BCUT2D eigenvalue weighted by molar-refractivity contribution is -0.115. The second-order valence-electron chi connectivity index (χ2n) is 6.71. The third kappa shape index (κ3) is 6.91. The van der Waals surface area contributed by atoms with Crippen molar-refractivity contribution in [1.82, 2.24) is 9.71 Å². The van der Waals surface area contributed by atoms with Gasteiger partial charge in [0.1, 0.15) is 0 Å². The van der Waals surface area contributed by atoms with Crippen LogP contribution in [0.5, 0.6) is 0 Å². The van der Waals surface area contributed by atoms with Gasteiger partial charge in [0.15, 0.2) is 0 Å². The molecule has 0 aliphatic rings. The minimum absolute atomic E-state index is 0.127. The molecule has 0 aliphatic carbocycles. The second kappa shape index (κ2) is 10.3. The number of nitrogens with zero attached hydrogens (tertiary/aromatic N) is 1. The molecule has 2 N–H and O–H groups in total. The third-order valence-corrected chi connectivity index (χ3v) is 6.40. The first-order valence-corrected chi connectivity index (χ1v) is 11.9. The number of carbonyl (C=O) groups is 1. The standard InChI is InChI=1S/C22H23N3O3S2/c1-2-12-23-30(27,28)16-18-8-10-19(11-9-18)24-21(26)14-20-15-29-22(25-20)13-17-6-4-3-5-7-17/h2-11,15,23H,1,12-14,16H2,(H,24,26). The summed E-state index contributed by atoms with van der Waals surface area (Å²) in [6.45, 7) is 3.68. The van der Waals surface area contributed by atoms with Gasteiger partial charge in [0.2, 0.25) is 15.9 Å². The highest BCUT2D eigenvalue weighted by molar-refractivity contribution is 7.88. The second-order valence-corrected chi connectivity index (χ2v) is 9.46. The number of aromatic nitrogens is 1. The van der Waals surface area contributed by atoms with Crippen molar-refractivity contribution in [2.45, 2.75) is 18.6 Å². The number of carbonyl (C=O) groups excluding carboxylic acids is 1. The molecule has 0 fully saturated rings. The molecule has 0 bridgehead atoms. The molecule has 0 aliphatic heterocycles.